The van der Waals surface area contributed by atoms with E-state index in [4.69, 9.17) is 0 Å². The highest BCUT2D eigenvalue weighted by Gasteiger charge is 2.09. The van der Waals surface area contributed by atoms with Crippen LogP contribution in [-0.2, 0) is 6.42 Å². The van der Waals surface area contributed by atoms with Crippen molar-refractivity contribution in [2.45, 2.75) is 32.6 Å². The topological polar surface area (TPSA) is 0 Å². The highest BCUT2D eigenvalue weighted by Crippen LogP contribution is 2.29. The van der Waals surface area contributed by atoms with Crippen molar-refractivity contribution in [3.63, 3.8) is 0 Å². The Hall–Kier alpha value is -1.56. The third kappa shape index (κ3) is 1.78. The molecule has 17 heavy (non-hydrogen) atoms. The summed E-state index contributed by atoms with van der Waals surface area (Å²) < 4.78 is 0. The van der Waals surface area contributed by atoms with Crippen molar-refractivity contribution in [1.82, 2.24) is 0 Å². The molecule has 0 N–H and O–H groups in total. The first-order chi connectivity index (χ1) is 8.25. The van der Waals surface area contributed by atoms with Crippen molar-refractivity contribution < 1.29 is 0 Å². The monoisotopic (exact) mass is 222 g/mol. The van der Waals surface area contributed by atoms with E-state index in [0.717, 1.165) is 0 Å². The molecule has 0 saturated carbocycles. The lowest BCUT2D eigenvalue weighted by Gasteiger charge is -2.15. The second-order valence-electron chi connectivity index (χ2n) is 5.21. The summed E-state index contributed by atoms with van der Waals surface area (Å²) in [5, 5.41) is 2.83. The molecule has 2 aromatic rings. The maximum absolute atomic E-state index is 2.35. The van der Waals surface area contributed by atoms with Crippen LogP contribution in [0.5, 0.6) is 0 Å². The van der Waals surface area contributed by atoms with E-state index in [2.05, 4.69) is 56.3 Å². The zero-order valence-corrected chi connectivity index (χ0v) is 10.5. The molecule has 2 aromatic carbocycles. The maximum Gasteiger partial charge on any atom is -0.0146 e. The molecule has 1 aliphatic rings. The number of benzene rings is 2. The zero-order chi connectivity index (χ0) is 11.8. The summed E-state index contributed by atoms with van der Waals surface area (Å²) >= 11 is 0. The summed E-state index contributed by atoms with van der Waals surface area (Å²) in [4.78, 5) is 0. The molecule has 1 aliphatic carbocycles. The van der Waals surface area contributed by atoms with E-state index in [1.54, 1.807) is 0 Å². The SMILES string of the molecule is CC(C)c1ccc2c3c(ccc2c1)C=CCC3. The predicted molar refractivity (Wildman–Crippen MR) is 75.4 cm³/mol. The van der Waals surface area contributed by atoms with Crippen molar-refractivity contribution in [3.05, 3.63) is 53.1 Å². The second-order valence-corrected chi connectivity index (χ2v) is 5.21. The summed E-state index contributed by atoms with van der Waals surface area (Å²) in [5.74, 6) is 0.607. The number of rotatable bonds is 1. The standard InChI is InChI=1S/C17H18/c1-12(2)14-9-10-17-15(11-14)8-7-13-5-3-4-6-16(13)17/h3,5,7-12H,4,6H2,1-2H3. The van der Waals surface area contributed by atoms with Crippen LogP contribution in [-0.4, -0.2) is 0 Å². The number of aryl methyl sites for hydroxylation is 1. The second kappa shape index (κ2) is 4.03. The van der Waals surface area contributed by atoms with E-state index >= 15 is 0 Å². The molecule has 3 rings (SSSR count). The Morgan fingerprint density at radius 1 is 1.06 bits per heavy atom. The van der Waals surface area contributed by atoms with Crippen LogP contribution in [0.2, 0.25) is 0 Å². The summed E-state index contributed by atoms with van der Waals surface area (Å²) in [5.41, 5.74) is 4.37. The number of allylic oxidation sites excluding steroid dienone is 1. The van der Waals surface area contributed by atoms with Gasteiger partial charge in [-0.15, -0.1) is 0 Å². The lowest BCUT2D eigenvalue weighted by Crippen LogP contribution is -1.96. The summed E-state index contributed by atoms with van der Waals surface area (Å²) in [6.45, 7) is 4.50. The lowest BCUT2D eigenvalue weighted by molar-refractivity contribution is 0.868. The Morgan fingerprint density at radius 3 is 2.76 bits per heavy atom. The first kappa shape index (κ1) is 10.6. The minimum atomic E-state index is 0.607. The third-order valence-corrected chi connectivity index (χ3v) is 3.72. The van der Waals surface area contributed by atoms with Gasteiger partial charge in [0.05, 0.1) is 0 Å². The third-order valence-electron chi connectivity index (χ3n) is 3.72. The summed E-state index contributed by atoms with van der Waals surface area (Å²) in [6, 6.07) is 11.5. The molecular formula is C17H18. The fraction of sp³-hybridized carbons (Fsp3) is 0.294. The molecule has 0 amide bonds. The van der Waals surface area contributed by atoms with Crippen molar-refractivity contribution in [2.24, 2.45) is 0 Å². The van der Waals surface area contributed by atoms with Gasteiger partial charge in [-0.05, 0) is 46.2 Å². The minimum absolute atomic E-state index is 0.607. The van der Waals surface area contributed by atoms with Gasteiger partial charge < -0.3 is 0 Å². The highest BCUT2D eigenvalue weighted by atomic mass is 14.1. The first-order valence-corrected chi connectivity index (χ1v) is 6.48. The number of fused-ring (bicyclic) bond motifs is 3. The first-order valence-electron chi connectivity index (χ1n) is 6.48. The molecule has 0 radical (unpaired) electrons. The summed E-state index contributed by atoms with van der Waals surface area (Å²) in [6.07, 6.45) is 6.90. The van der Waals surface area contributed by atoms with Crippen LogP contribution in [0.4, 0.5) is 0 Å². The van der Waals surface area contributed by atoms with Crippen molar-refractivity contribution in [3.8, 4) is 0 Å². The Labute approximate surface area is 103 Å². The molecule has 0 saturated heterocycles. The van der Waals surface area contributed by atoms with Gasteiger partial charge in [0, 0.05) is 0 Å². The summed E-state index contributed by atoms with van der Waals surface area (Å²) in [7, 11) is 0. The quantitative estimate of drug-likeness (QED) is 0.642. The van der Waals surface area contributed by atoms with E-state index < -0.39 is 0 Å². The minimum Gasteiger partial charge on any atom is -0.0836 e. The number of hydrogen-bond acceptors (Lipinski definition) is 0. The van der Waals surface area contributed by atoms with Crippen LogP contribution in [0.15, 0.2) is 36.4 Å². The molecule has 0 atom stereocenters. The Morgan fingerprint density at radius 2 is 1.94 bits per heavy atom. The van der Waals surface area contributed by atoms with Crippen molar-refractivity contribution in [1.29, 1.82) is 0 Å². The average Bonchev–Trinajstić information content (AvgIpc) is 2.38. The van der Waals surface area contributed by atoms with Gasteiger partial charge in [-0.3, -0.25) is 0 Å². The molecule has 0 heteroatoms. The van der Waals surface area contributed by atoms with Gasteiger partial charge in [-0.1, -0.05) is 56.3 Å². The van der Waals surface area contributed by atoms with Gasteiger partial charge in [0.2, 0.25) is 0 Å². The molecule has 86 valence electrons. The fourth-order valence-corrected chi connectivity index (χ4v) is 2.66. The van der Waals surface area contributed by atoms with Gasteiger partial charge in [-0.25, -0.2) is 0 Å². The Balaban J connectivity index is 2.24. The largest absolute Gasteiger partial charge is 0.0836 e. The van der Waals surface area contributed by atoms with Crippen LogP contribution in [0.3, 0.4) is 0 Å². The predicted octanol–water partition coefficient (Wildman–Crippen LogP) is 4.92. The van der Waals surface area contributed by atoms with Gasteiger partial charge >= 0.3 is 0 Å². The van der Waals surface area contributed by atoms with Gasteiger partial charge in [-0.2, -0.15) is 0 Å². The van der Waals surface area contributed by atoms with Gasteiger partial charge in [0.25, 0.3) is 0 Å². The van der Waals surface area contributed by atoms with Crippen LogP contribution in [0.1, 0.15) is 42.9 Å². The molecule has 0 heterocycles. The van der Waals surface area contributed by atoms with Crippen molar-refractivity contribution >= 4 is 16.8 Å². The zero-order valence-electron chi connectivity index (χ0n) is 10.5. The van der Waals surface area contributed by atoms with E-state index in [1.807, 2.05) is 0 Å². The molecular weight excluding hydrogens is 204 g/mol. The van der Waals surface area contributed by atoms with E-state index in [0.29, 0.717) is 5.92 Å². The van der Waals surface area contributed by atoms with Crippen LogP contribution in [0.25, 0.3) is 16.8 Å². The lowest BCUT2D eigenvalue weighted by atomic mass is 9.90. The van der Waals surface area contributed by atoms with Crippen LogP contribution >= 0.6 is 0 Å². The molecule has 0 fully saturated rings. The van der Waals surface area contributed by atoms with E-state index in [-0.39, 0.29) is 0 Å². The van der Waals surface area contributed by atoms with E-state index in [9.17, 15) is 0 Å². The molecule has 0 aromatic heterocycles. The van der Waals surface area contributed by atoms with Crippen molar-refractivity contribution in [2.75, 3.05) is 0 Å². The molecule has 0 nitrogen and oxygen atoms in total. The normalized spacial score (nSPS) is 14.3. The Bertz CT molecular complexity index is 588. The number of hydrogen-bond donors (Lipinski definition) is 0. The van der Waals surface area contributed by atoms with E-state index in [1.165, 1.54) is 40.3 Å². The molecule has 0 bridgehead atoms. The van der Waals surface area contributed by atoms with Gasteiger partial charge in [0.1, 0.15) is 0 Å². The Kier molecular flexibility index (Phi) is 2.51. The molecule has 0 aliphatic heterocycles. The molecule has 0 spiro atoms. The van der Waals surface area contributed by atoms with Gasteiger partial charge in [0.15, 0.2) is 0 Å². The molecule has 0 unspecified atom stereocenters. The average molecular weight is 222 g/mol. The van der Waals surface area contributed by atoms with Crippen LogP contribution in [0, 0.1) is 0 Å². The smallest absolute Gasteiger partial charge is 0.0146 e. The van der Waals surface area contributed by atoms with Crippen LogP contribution < -0.4 is 0 Å². The fourth-order valence-electron chi connectivity index (χ4n) is 2.66. The maximum atomic E-state index is 2.35. The highest BCUT2D eigenvalue weighted by molar-refractivity contribution is 5.89.